The number of nitrogens with one attached hydrogen (secondary N) is 1. The zero-order chi connectivity index (χ0) is 21.6. The Morgan fingerprint density at radius 1 is 1.23 bits per heavy atom. The van der Waals surface area contributed by atoms with Crippen molar-refractivity contribution in [3.05, 3.63) is 58.7 Å². The van der Waals surface area contributed by atoms with Gasteiger partial charge in [0.15, 0.2) is 11.4 Å². The number of benzene rings is 2. The van der Waals surface area contributed by atoms with Crippen molar-refractivity contribution in [1.29, 1.82) is 0 Å². The minimum absolute atomic E-state index is 0.0552. The summed E-state index contributed by atoms with van der Waals surface area (Å²) >= 11 is 0. The Morgan fingerprint density at radius 2 is 2.00 bits per heavy atom. The largest absolute Gasteiger partial charge is 0.420 e. The predicted octanol–water partition coefficient (Wildman–Crippen LogP) is 4.76. The Morgan fingerprint density at radius 3 is 2.73 bits per heavy atom. The molecule has 0 radical (unpaired) electrons. The van der Waals surface area contributed by atoms with Crippen molar-refractivity contribution in [3.63, 3.8) is 0 Å². The molecule has 5 nitrogen and oxygen atoms in total. The van der Waals surface area contributed by atoms with Crippen molar-refractivity contribution >= 4 is 23.0 Å². The van der Waals surface area contributed by atoms with Gasteiger partial charge in [0.25, 0.3) is 11.9 Å². The van der Waals surface area contributed by atoms with E-state index in [1.807, 2.05) is 0 Å². The monoisotopic (exact) mass is 425 g/mol. The lowest BCUT2D eigenvalue weighted by Gasteiger charge is -2.20. The van der Waals surface area contributed by atoms with Gasteiger partial charge in [-0.2, -0.15) is 22.5 Å². The van der Waals surface area contributed by atoms with Crippen LogP contribution in [0.5, 0.6) is 0 Å². The van der Waals surface area contributed by atoms with Crippen LogP contribution in [0.2, 0.25) is 0 Å². The number of anilines is 1. The number of carbonyl (C=O) groups is 1. The molecule has 0 unspecified atom stereocenters. The number of aryl methyl sites for hydroxylation is 1. The van der Waals surface area contributed by atoms with E-state index >= 15 is 0 Å². The van der Waals surface area contributed by atoms with E-state index in [1.165, 1.54) is 23.1 Å². The molecule has 10 heteroatoms. The number of amides is 1. The molecule has 4 rings (SSSR count). The highest BCUT2D eigenvalue weighted by Gasteiger charge is 2.37. The molecule has 2 aromatic carbocycles. The Labute approximate surface area is 167 Å². The fourth-order valence-electron chi connectivity index (χ4n) is 3.49. The second-order valence-electron chi connectivity index (χ2n) is 7.16. The zero-order valence-corrected chi connectivity index (χ0v) is 15.7. The van der Waals surface area contributed by atoms with Crippen LogP contribution in [0.25, 0.3) is 11.1 Å². The second-order valence-corrected chi connectivity index (χ2v) is 7.16. The quantitative estimate of drug-likeness (QED) is 0.615. The maximum Gasteiger partial charge on any atom is 0.417 e. The molecule has 1 atom stereocenters. The Balaban J connectivity index is 1.51. The van der Waals surface area contributed by atoms with E-state index in [0.29, 0.717) is 12.0 Å². The lowest BCUT2D eigenvalue weighted by atomic mass is 10.0. The van der Waals surface area contributed by atoms with Gasteiger partial charge in [-0.25, -0.2) is 4.39 Å². The molecule has 0 saturated carbocycles. The van der Waals surface area contributed by atoms with Crippen LogP contribution >= 0.6 is 0 Å². The van der Waals surface area contributed by atoms with E-state index in [1.54, 1.807) is 6.92 Å². The van der Waals surface area contributed by atoms with E-state index in [9.17, 15) is 26.7 Å². The number of likely N-dealkylation sites (tertiary alicyclic amines) is 1. The van der Waals surface area contributed by atoms with Crippen molar-refractivity contribution in [1.82, 2.24) is 9.88 Å². The first-order valence-corrected chi connectivity index (χ1v) is 9.11. The molecule has 0 aliphatic carbocycles. The van der Waals surface area contributed by atoms with Crippen LogP contribution in [-0.4, -0.2) is 34.9 Å². The van der Waals surface area contributed by atoms with Crippen LogP contribution in [0.15, 0.2) is 34.7 Å². The molecule has 30 heavy (non-hydrogen) atoms. The van der Waals surface area contributed by atoms with Crippen LogP contribution in [0.4, 0.5) is 28.0 Å². The van der Waals surface area contributed by atoms with Gasteiger partial charge in [0, 0.05) is 19.1 Å². The smallest absolute Gasteiger partial charge is 0.417 e. The van der Waals surface area contributed by atoms with Crippen molar-refractivity contribution in [3.8, 4) is 0 Å². The highest BCUT2D eigenvalue weighted by molar-refractivity contribution is 5.96. The third kappa shape index (κ3) is 3.69. The van der Waals surface area contributed by atoms with E-state index in [4.69, 9.17) is 4.42 Å². The summed E-state index contributed by atoms with van der Waals surface area (Å²) < 4.78 is 72.2. The van der Waals surface area contributed by atoms with E-state index in [2.05, 4.69) is 10.3 Å². The van der Waals surface area contributed by atoms with Gasteiger partial charge in [0.05, 0.1) is 11.1 Å². The Hall–Kier alpha value is -3.17. The van der Waals surface area contributed by atoms with E-state index in [-0.39, 0.29) is 36.2 Å². The summed E-state index contributed by atoms with van der Waals surface area (Å²) in [4.78, 5) is 18.1. The van der Waals surface area contributed by atoms with Gasteiger partial charge in [-0.05, 0) is 37.6 Å². The number of aromatic nitrogens is 1. The number of alkyl halides is 3. The van der Waals surface area contributed by atoms with Crippen molar-refractivity contribution in [2.24, 2.45) is 0 Å². The predicted molar refractivity (Wildman–Crippen MR) is 98.0 cm³/mol. The number of hydrogen-bond donors (Lipinski definition) is 1. The number of hydrogen-bond acceptors (Lipinski definition) is 4. The van der Waals surface area contributed by atoms with Gasteiger partial charge in [-0.3, -0.25) is 4.79 Å². The maximum absolute atomic E-state index is 13.8. The summed E-state index contributed by atoms with van der Waals surface area (Å²) in [5.41, 5.74) is -1.05. The number of oxazole rings is 1. The summed E-state index contributed by atoms with van der Waals surface area (Å²) in [5, 5.41) is 2.89. The summed E-state index contributed by atoms with van der Waals surface area (Å²) in [5.74, 6) is -2.95. The molecule has 1 aliphatic heterocycles. The van der Waals surface area contributed by atoms with Crippen LogP contribution in [0.1, 0.15) is 27.9 Å². The normalized spacial score (nSPS) is 17.0. The maximum atomic E-state index is 13.8. The number of rotatable bonds is 3. The van der Waals surface area contributed by atoms with Gasteiger partial charge in [0.1, 0.15) is 5.52 Å². The second kappa shape index (κ2) is 7.26. The third-order valence-corrected chi connectivity index (χ3v) is 4.96. The summed E-state index contributed by atoms with van der Waals surface area (Å²) in [6, 6.07) is 5.21. The lowest BCUT2D eigenvalue weighted by Crippen LogP contribution is -2.33. The summed E-state index contributed by atoms with van der Waals surface area (Å²) in [6.45, 7) is 1.95. The minimum Gasteiger partial charge on any atom is -0.420 e. The first-order valence-electron chi connectivity index (χ1n) is 9.11. The third-order valence-electron chi connectivity index (χ3n) is 4.96. The van der Waals surface area contributed by atoms with Crippen LogP contribution in [-0.2, 0) is 6.18 Å². The van der Waals surface area contributed by atoms with E-state index in [0.717, 1.165) is 12.1 Å². The molecule has 158 valence electrons. The molecular formula is C20H16F5N3O2. The molecule has 1 fully saturated rings. The first-order chi connectivity index (χ1) is 14.1. The van der Waals surface area contributed by atoms with Crippen LogP contribution in [0, 0.1) is 18.6 Å². The Kier molecular flexibility index (Phi) is 4.87. The average Bonchev–Trinajstić information content (AvgIpc) is 3.30. The van der Waals surface area contributed by atoms with Gasteiger partial charge >= 0.3 is 6.18 Å². The fraction of sp³-hybridized carbons (Fsp3) is 0.300. The highest BCUT2D eigenvalue weighted by Crippen LogP contribution is 2.33. The number of nitrogens with zero attached hydrogens (tertiary/aromatic N) is 2. The topological polar surface area (TPSA) is 58.4 Å². The summed E-state index contributed by atoms with van der Waals surface area (Å²) in [6.07, 6.45) is -4.22. The standard InChI is InChI=1S/C20H16F5N3O2/c1-10-2-3-13(20(23,24)25)12(8-10)18(29)28-7-6-11(9-28)26-19-27-15-5-4-14(21)16(22)17(15)30-19/h2-5,8,11H,6-7,9H2,1H3,(H,26,27)/t11-/m1/s1. The molecule has 1 N–H and O–H groups in total. The number of fused-ring (bicyclic) bond motifs is 1. The zero-order valence-electron chi connectivity index (χ0n) is 15.7. The molecule has 1 saturated heterocycles. The van der Waals surface area contributed by atoms with E-state index < -0.39 is 34.8 Å². The van der Waals surface area contributed by atoms with Crippen LogP contribution < -0.4 is 5.32 Å². The average molecular weight is 425 g/mol. The molecule has 0 spiro atoms. The fourth-order valence-corrected chi connectivity index (χ4v) is 3.49. The molecule has 0 bridgehead atoms. The highest BCUT2D eigenvalue weighted by atomic mass is 19.4. The molecule has 2 heterocycles. The van der Waals surface area contributed by atoms with Gasteiger partial charge in [-0.15, -0.1) is 0 Å². The minimum atomic E-state index is -4.65. The molecule has 1 aromatic heterocycles. The molecule has 1 aliphatic rings. The first kappa shape index (κ1) is 20.1. The molecular weight excluding hydrogens is 409 g/mol. The van der Waals surface area contributed by atoms with Crippen molar-refractivity contribution in [2.45, 2.75) is 25.6 Å². The van der Waals surface area contributed by atoms with Crippen molar-refractivity contribution < 1.29 is 31.2 Å². The van der Waals surface area contributed by atoms with Gasteiger partial charge in [0.2, 0.25) is 5.82 Å². The lowest BCUT2D eigenvalue weighted by molar-refractivity contribution is -0.138. The Bertz CT molecular complexity index is 1130. The van der Waals surface area contributed by atoms with Gasteiger partial charge in [-0.1, -0.05) is 11.6 Å². The number of halogens is 5. The van der Waals surface area contributed by atoms with Crippen LogP contribution in [0.3, 0.4) is 0 Å². The van der Waals surface area contributed by atoms with Gasteiger partial charge < -0.3 is 14.6 Å². The SMILES string of the molecule is Cc1ccc(C(F)(F)F)c(C(=O)N2CC[C@@H](Nc3nc4ccc(F)c(F)c4o3)C2)c1. The van der Waals surface area contributed by atoms with Crippen molar-refractivity contribution in [2.75, 3.05) is 18.4 Å². The number of carbonyl (C=O) groups excluding carboxylic acids is 1. The summed E-state index contributed by atoms with van der Waals surface area (Å²) in [7, 11) is 0. The molecule has 1 amide bonds. The molecule has 3 aromatic rings.